The molecule has 6 nitrogen and oxygen atoms in total. The van der Waals surface area contributed by atoms with Crippen LogP contribution in [0.15, 0.2) is 59.0 Å². The minimum absolute atomic E-state index is 0.0345. The Balaban J connectivity index is 1.72. The number of carbonyl (C=O) groups excluding carboxylic acids is 2. The van der Waals surface area contributed by atoms with Crippen LogP contribution in [0.3, 0.4) is 0 Å². The highest BCUT2D eigenvalue weighted by molar-refractivity contribution is 5.96. The Kier molecular flexibility index (Phi) is 6.89. The number of hydrogen-bond acceptors (Lipinski definition) is 5. The standard InChI is InChI=1S/C23H25NO5/c1-3-9-16(2)24-21(25)15-28-23(26)22-19(14-27-17-10-5-4-6-11-17)18-12-7-8-13-20(18)29-22/h4-8,10-13,16H,3,9,14-15H2,1-2H3,(H,24,25). The van der Waals surface area contributed by atoms with E-state index in [2.05, 4.69) is 5.32 Å². The number of amides is 1. The molecule has 0 bridgehead atoms. The van der Waals surface area contributed by atoms with Crippen LogP contribution in [0.2, 0.25) is 0 Å². The van der Waals surface area contributed by atoms with Gasteiger partial charge in [0.2, 0.25) is 5.76 Å². The fraction of sp³-hybridized carbons (Fsp3) is 0.304. The average Bonchev–Trinajstić information content (AvgIpc) is 3.10. The van der Waals surface area contributed by atoms with Crippen LogP contribution in [0, 0.1) is 0 Å². The molecule has 2 aromatic carbocycles. The molecule has 3 aromatic rings. The molecular weight excluding hydrogens is 370 g/mol. The fourth-order valence-corrected chi connectivity index (χ4v) is 3.10. The molecule has 29 heavy (non-hydrogen) atoms. The molecule has 1 heterocycles. The first-order valence-corrected chi connectivity index (χ1v) is 9.73. The summed E-state index contributed by atoms with van der Waals surface area (Å²) in [5, 5.41) is 3.58. The average molecular weight is 395 g/mol. The van der Waals surface area contributed by atoms with E-state index >= 15 is 0 Å². The molecule has 0 fully saturated rings. The molecule has 0 aliphatic carbocycles. The predicted octanol–water partition coefficient (Wildman–Crippen LogP) is 4.47. The lowest BCUT2D eigenvalue weighted by atomic mass is 10.1. The first-order valence-electron chi connectivity index (χ1n) is 9.73. The van der Waals surface area contributed by atoms with E-state index in [1.165, 1.54) is 0 Å². The summed E-state index contributed by atoms with van der Waals surface area (Å²) in [6.45, 7) is 3.75. The molecule has 1 atom stereocenters. The van der Waals surface area contributed by atoms with Crippen LogP contribution < -0.4 is 10.1 Å². The van der Waals surface area contributed by atoms with Crippen LogP contribution in [0.25, 0.3) is 11.0 Å². The lowest BCUT2D eigenvalue weighted by Gasteiger charge is -2.12. The van der Waals surface area contributed by atoms with E-state index in [1.54, 1.807) is 6.07 Å². The van der Waals surface area contributed by atoms with Gasteiger partial charge in [-0.3, -0.25) is 4.79 Å². The number of hydrogen-bond donors (Lipinski definition) is 1. The highest BCUT2D eigenvalue weighted by atomic mass is 16.5. The molecule has 0 aliphatic heterocycles. The third-order valence-corrected chi connectivity index (χ3v) is 4.47. The largest absolute Gasteiger partial charge is 0.489 e. The van der Waals surface area contributed by atoms with Crippen molar-refractivity contribution < 1.29 is 23.5 Å². The van der Waals surface area contributed by atoms with Gasteiger partial charge in [-0.1, -0.05) is 49.7 Å². The Labute approximate surface area is 169 Å². The Bertz CT molecular complexity index is 964. The summed E-state index contributed by atoms with van der Waals surface area (Å²) in [7, 11) is 0. The third-order valence-electron chi connectivity index (χ3n) is 4.47. The first kappa shape index (κ1) is 20.5. The predicted molar refractivity (Wildman–Crippen MR) is 110 cm³/mol. The van der Waals surface area contributed by atoms with Crippen LogP contribution in [0.5, 0.6) is 5.75 Å². The van der Waals surface area contributed by atoms with Gasteiger partial charge in [0.05, 0.1) is 5.56 Å². The summed E-state index contributed by atoms with van der Waals surface area (Å²) >= 11 is 0. The zero-order valence-electron chi connectivity index (χ0n) is 16.6. The fourth-order valence-electron chi connectivity index (χ4n) is 3.10. The van der Waals surface area contributed by atoms with Crippen molar-refractivity contribution in [2.45, 2.75) is 39.3 Å². The maximum atomic E-state index is 12.6. The second-order valence-corrected chi connectivity index (χ2v) is 6.84. The van der Waals surface area contributed by atoms with Gasteiger partial charge in [0.1, 0.15) is 17.9 Å². The Morgan fingerprint density at radius 3 is 2.55 bits per heavy atom. The van der Waals surface area contributed by atoms with E-state index in [0.29, 0.717) is 16.9 Å². The topological polar surface area (TPSA) is 77.8 Å². The van der Waals surface area contributed by atoms with Crippen molar-refractivity contribution in [1.82, 2.24) is 5.32 Å². The quantitative estimate of drug-likeness (QED) is 0.541. The van der Waals surface area contributed by atoms with Crippen LogP contribution in [0.4, 0.5) is 0 Å². The normalized spacial score (nSPS) is 11.8. The van der Waals surface area contributed by atoms with E-state index in [9.17, 15) is 9.59 Å². The SMILES string of the molecule is CCCC(C)NC(=O)COC(=O)c1oc2ccccc2c1COc1ccccc1. The number of nitrogens with one attached hydrogen (secondary N) is 1. The highest BCUT2D eigenvalue weighted by Crippen LogP contribution is 2.28. The number of carbonyl (C=O) groups is 2. The van der Waals surface area contributed by atoms with Crippen LogP contribution in [-0.4, -0.2) is 24.5 Å². The Morgan fingerprint density at radius 1 is 1.07 bits per heavy atom. The van der Waals surface area contributed by atoms with E-state index in [0.717, 1.165) is 18.2 Å². The minimum atomic E-state index is -0.689. The molecular formula is C23H25NO5. The van der Waals surface area contributed by atoms with Crippen molar-refractivity contribution >= 4 is 22.8 Å². The lowest BCUT2D eigenvalue weighted by Crippen LogP contribution is -2.35. The third kappa shape index (κ3) is 5.38. The number of rotatable bonds is 9. The summed E-state index contributed by atoms with van der Waals surface area (Å²) in [6, 6.07) is 16.7. The smallest absolute Gasteiger partial charge is 0.375 e. The number of fused-ring (bicyclic) bond motifs is 1. The number of esters is 1. The number of ether oxygens (including phenoxy) is 2. The van der Waals surface area contributed by atoms with Crippen molar-refractivity contribution in [2.24, 2.45) is 0 Å². The lowest BCUT2D eigenvalue weighted by molar-refractivity contribution is -0.124. The molecule has 1 unspecified atom stereocenters. The first-order chi connectivity index (χ1) is 14.1. The van der Waals surface area contributed by atoms with Gasteiger partial charge in [-0.15, -0.1) is 0 Å². The Hall–Kier alpha value is -3.28. The minimum Gasteiger partial charge on any atom is -0.489 e. The molecule has 0 saturated heterocycles. The summed E-state index contributed by atoms with van der Waals surface area (Å²) in [6.07, 6.45) is 1.83. The number of furan rings is 1. The van der Waals surface area contributed by atoms with Gasteiger partial charge in [0, 0.05) is 11.4 Å². The van der Waals surface area contributed by atoms with Crippen LogP contribution >= 0.6 is 0 Å². The Morgan fingerprint density at radius 2 is 1.79 bits per heavy atom. The molecule has 0 radical (unpaired) electrons. The second-order valence-electron chi connectivity index (χ2n) is 6.84. The van der Waals surface area contributed by atoms with Gasteiger partial charge in [-0.2, -0.15) is 0 Å². The van der Waals surface area contributed by atoms with Gasteiger partial charge in [-0.25, -0.2) is 4.79 Å². The molecule has 152 valence electrons. The second kappa shape index (κ2) is 9.78. The summed E-state index contributed by atoms with van der Waals surface area (Å²) in [4.78, 5) is 24.6. The molecule has 6 heteroatoms. The molecule has 0 saturated carbocycles. The van der Waals surface area contributed by atoms with Crippen molar-refractivity contribution in [1.29, 1.82) is 0 Å². The van der Waals surface area contributed by atoms with E-state index < -0.39 is 5.97 Å². The number of benzene rings is 2. The number of para-hydroxylation sites is 2. The van der Waals surface area contributed by atoms with Crippen molar-refractivity contribution in [3.8, 4) is 5.75 Å². The molecule has 1 N–H and O–H groups in total. The monoisotopic (exact) mass is 395 g/mol. The van der Waals surface area contributed by atoms with E-state index in [-0.39, 0.29) is 30.9 Å². The van der Waals surface area contributed by atoms with Gasteiger partial charge < -0.3 is 19.2 Å². The van der Waals surface area contributed by atoms with Crippen LogP contribution in [-0.2, 0) is 16.1 Å². The maximum absolute atomic E-state index is 12.6. The summed E-state index contributed by atoms with van der Waals surface area (Å²) in [5.41, 5.74) is 1.15. The van der Waals surface area contributed by atoms with Crippen molar-refractivity contribution in [2.75, 3.05) is 6.61 Å². The molecule has 1 amide bonds. The maximum Gasteiger partial charge on any atom is 0.375 e. The van der Waals surface area contributed by atoms with E-state index in [4.69, 9.17) is 13.9 Å². The molecule has 0 aliphatic rings. The summed E-state index contributed by atoms with van der Waals surface area (Å²) in [5.74, 6) is -0.290. The van der Waals surface area contributed by atoms with Gasteiger partial charge in [0.25, 0.3) is 5.91 Å². The van der Waals surface area contributed by atoms with Gasteiger partial charge in [0.15, 0.2) is 6.61 Å². The molecule has 3 rings (SSSR count). The van der Waals surface area contributed by atoms with Crippen molar-refractivity contribution in [3.63, 3.8) is 0 Å². The molecule has 1 aromatic heterocycles. The van der Waals surface area contributed by atoms with Crippen molar-refractivity contribution in [3.05, 3.63) is 65.9 Å². The highest BCUT2D eigenvalue weighted by Gasteiger charge is 2.23. The van der Waals surface area contributed by atoms with E-state index in [1.807, 2.05) is 62.4 Å². The summed E-state index contributed by atoms with van der Waals surface area (Å²) < 4.78 is 16.7. The van der Waals surface area contributed by atoms with Gasteiger partial charge in [-0.05, 0) is 31.5 Å². The zero-order chi connectivity index (χ0) is 20.6. The molecule has 0 spiro atoms. The van der Waals surface area contributed by atoms with Gasteiger partial charge >= 0.3 is 5.97 Å². The zero-order valence-corrected chi connectivity index (χ0v) is 16.6. The van der Waals surface area contributed by atoms with Crippen LogP contribution in [0.1, 0.15) is 42.8 Å².